The molecule has 0 saturated carbocycles. The van der Waals surface area contributed by atoms with Gasteiger partial charge in [-0.2, -0.15) is 11.8 Å². The monoisotopic (exact) mass is 253 g/mol. The first-order valence-electron chi connectivity index (χ1n) is 5.62. The highest BCUT2D eigenvalue weighted by atomic mass is 32.2. The van der Waals surface area contributed by atoms with Crippen LogP contribution in [-0.2, 0) is 0 Å². The lowest BCUT2D eigenvalue weighted by Gasteiger charge is -2.22. The maximum atomic E-state index is 10.9. The first-order valence-corrected chi connectivity index (χ1v) is 6.77. The summed E-state index contributed by atoms with van der Waals surface area (Å²) in [5.74, 6) is 2.57. The average Bonchev–Trinajstić information content (AvgIpc) is 2.32. The predicted octanol–water partition coefficient (Wildman–Crippen LogP) is 2.61. The van der Waals surface area contributed by atoms with Crippen molar-refractivity contribution in [1.82, 2.24) is 4.98 Å². The number of nitrogens with one attached hydrogen (secondary N) is 1. The smallest absolute Gasteiger partial charge is 0.311 e. The van der Waals surface area contributed by atoms with E-state index in [-0.39, 0.29) is 10.6 Å². The molecular weight excluding hydrogens is 238 g/mol. The third-order valence-corrected chi connectivity index (χ3v) is 3.92. The molecule has 0 spiro atoms. The summed E-state index contributed by atoms with van der Waals surface area (Å²) < 4.78 is 0. The van der Waals surface area contributed by atoms with Crippen molar-refractivity contribution in [2.75, 3.05) is 16.8 Å². The molecule has 5 nitrogen and oxygen atoms in total. The molecule has 0 radical (unpaired) electrons. The Bertz CT molecular complexity index is 419. The molecule has 1 aliphatic heterocycles. The summed E-state index contributed by atoms with van der Waals surface area (Å²) in [6.07, 6.45) is 3.87. The normalized spacial score (nSPS) is 19.9. The number of hydrogen-bond donors (Lipinski definition) is 1. The largest absolute Gasteiger partial charge is 0.361 e. The van der Waals surface area contributed by atoms with Gasteiger partial charge in [0.2, 0.25) is 5.82 Å². The van der Waals surface area contributed by atoms with Gasteiger partial charge in [0.25, 0.3) is 0 Å². The molecule has 0 aliphatic carbocycles. The van der Waals surface area contributed by atoms with Gasteiger partial charge in [0.05, 0.1) is 4.92 Å². The van der Waals surface area contributed by atoms with E-state index in [0.717, 1.165) is 24.2 Å². The lowest BCUT2D eigenvalue weighted by atomic mass is 10.2. The van der Waals surface area contributed by atoms with Crippen LogP contribution in [0.4, 0.5) is 11.5 Å². The van der Waals surface area contributed by atoms with E-state index in [1.54, 1.807) is 19.2 Å². The van der Waals surface area contributed by atoms with E-state index in [0.29, 0.717) is 11.9 Å². The van der Waals surface area contributed by atoms with Crippen LogP contribution in [-0.4, -0.2) is 27.5 Å². The van der Waals surface area contributed by atoms with Crippen molar-refractivity contribution in [2.24, 2.45) is 0 Å². The SMILES string of the molecule is Cc1cnc(NC2CCCSC2)c([N+](=O)[O-])c1. The molecule has 1 aliphatic rings. The van der Waals surface area contributed by atoms with E-state index >= 15 is 0 Å². The molecule has 17 heavy (non-hydrogen) atoms. The zero-order chi connectivity index (χ0) is 12.3. The molecule has 92 valence electrons. The van der Waals surface area contributed by atoms with Gasteiger partial charge in [-0.1, -0.05) is 0 Å². The number of aryl methyl sites for hydroxylation is 1. The fourth-order valence-electron chi connectivity index (χ4n) is 1.85. The number of aromatic nitrogens is 1. The Kier molecular flexibility index (Phi) is 3.83. The summed E-state index contributed by atoms with van der Waals surface area (Å²) in [6, 6.07) is 1.85. The minimum Gasteiger partial charge on any atom is -0.361 e. The molecule has 1 atom stereocenters. The average molecular weight is 253 g/mol. The first-order chi connectivity index (χ1) is 8.16. The van der Waals surface area contributed by atoms with Gasteiger partial charge in [-0.15, -0.1) is 0 Å². The number of rotatable bonds is 3. The van der Waals surface area contributed by atoms with E-state index in [2.05, 4.69) is 10.3 Å². The van der Waals surface area contributed by atoms with Crippen LogP contribution in [0.2, 0.25) is 0 Å². The summed E-state index contributed by atoms with van der Waals surface area (Å²) in [6.45, 7) is 1.81. The van der Waals surface area contributed by atoms with Crippen LogP contribution in [0.3, 0.4) is 0 Å². The molecule has 1 fully saturated rings. The number of nitrogens with zero attached hydrogens (tertiary/aromatic N) is 2. The Morgan fingerprint density at radius 2 is 2.47 bits per heavy atom. The van der Waals surface area contributed by atoms with Gasteiger partial charge < -0.3 is 5.32 Å². The summed E-state index contributed by atoms with van der Waals surface area (Å²) in [5.41, 5.74) is 0.876. The van der Waals surface area contributed by atoms with Crippen molar-refractivity contribution in [3.8, 4) is 0 Å². The van der Waals surface area contributed by atoms with Gasteiger partial charge in [0, 0.05) is 24.1 Å². The molecule has 2 rings (SSSR count). The molecule has 0 amide bonds. The van der Waals surface area contributed by atoms with E-state index in [1.807, 2.05) is 11.8 Å². The number of nitro groups is 1. The molecule has 1 unspecified atom stereocenters. The zero-order valence-corrected chi connectivity index (χ0v) is 10.5. The van der Waals surface area contributed by atoms with Gasteiger partial charge in [-0.05, 0) is 31.1 Å². The highest BCUT2D eigenvalue weighted by molar-refractivity contribution is 7.99. The molecular formula is C11H15N3O2S. The first kappa shape index (κ1) is 12.2. The number of pyridine rings is 1. The summed E-state index contributed by atoms with van der Waals surface area (Å²) >= 11 is 1.88. The van der Waals surface area contributed by atoms with Crippen LogP contribution in [0.5, 0.6) is 0 Å². The highest BCUT2D eigenvalue weighted by Gasteiger charge is 2.20. The lowest BCUT2D eigenvalue weighted by molar-refractivity contribution is -0.384. The van der Waals surface area contributed by atoms with Crippen molar-refractivity contribution >= 4 is 23.3 Å². The maximum absolute atomic E-state index is 10.9. The third-order valence-electron chi connectivity index (χ3n) is 2.70. The van der Waals surface area contributed by atoms with Gasteiger partial charge in [0.15, 0.2) is 0 Å². The van der Waals surface area contributed by atoms with Crippen LogP contribution >= 0.6 is 11.8 Å². The molecule has 2 heterocycles. The van der Waals surface area contributed by atoms with Crippen molar-refractivity contribution in [1.29, 1.82) is 0 Å². The maximum Gasteiger partial charge on any atom is 0.311 e. The minimum absolute atomic E-state index is 0.0700. The van der Waals surface area contributed by atoms with Crippen molar-refractivity contribution in [3.63, 3.8) is 0 Å². The number of thioether (sulfide) groups is 1. The Hall–Kier alpha value is -1.30. The summed E-state index contributed by atoms with van der Waals surface area (Å²) in [4.78, 5) is 14.7. The molecule has 1 saturated heterocycles. The summed E-state index contributed by atoms with van der Waals surface area (Å²) in [7, 11) is 0. The Labute approximate surface area is 104 Å². The van der Waals surface area contributed by atoms with Gasteiger partial charge in [-0.25, -0.2) is 4.98 Å². The molecule has 1 aromatic rings. The predicted molar refractivity (Wildman–Crippen MR) is 69.6 cm³/mol. The van der Waals surface area contributed by atoms with Crippen molar-refractivity contribution < 1.29 is 4.92 Å². The van der Waals surface area contributed by atoms with Crippen LogP contribution in [0, 0.1) is 17.0 Å². The van der Waals surface area contributed by atoms with Gasteiger partial charge >= 0.3 is 5.69 Å². The van der Waals surface area contributed by atoms with Crippen LogP contribution in [0.15, 0.2) is 12.3 Å². The topological polar surface area (TPSA) is 68.1 Å². The van der Waals surface area contributed by atoms with Gasteiger partial charge in [0.1, 0.15) is 0 Å². The second-order valence-corrected chi connectivity index (χ2v) is 5.35. The van der Waals surface area contributed by atoms with E-state index in [9.17, 15) is 10.1 Å². The quantitative estimate of drug-likeness (QED) is 0.662. The van der Waals surface area contributed by atoms with Gasteiger partial charge in [-0.3, -0.25) is 10.1 Å². The molecule has 1 N–H and O–H groups in total. The standard InChI is InChI=1S/C11H15N3O2S/c1-8-5-10(14(15)16)11(12-6-8)13-9-3-2-4-17-7-9/h5-6,9H,2-4,7H2,1H3,(H,12,13). The molecule has 6 heteroatoms. The fraction of sp³-hybridized carbons (Fsp3) is 0.545. The fourth-order valence-corrected chi connectivity index (χ4v) is 2.92. The van der Waals surface area contributed by atoms with Crippen molar-refractivity contribution in [3.05, 3.63) is 27.9 Å². The number of anilines is 1. The van der Waals surface area contributed by atoms with Crippen LogP contribution in [0.1, 0.15) is 18.4 Å². The van der Waals surface area contributed by atoms with Crippen molar-refractivity contribution in [2.45, 2.75) is 25.8 Å². The Morgan fingerprint density at radius 3 is 3.12 bits per heavy atom. The van der Waals surface area contributed by atoms with E-state index in [1.165, 1.54) is 5.75 Å². The zero-order valence-electron chi connectivity index (χ0n) is 9.68. The molecule has 0 aromatic carbocycles. The van der Waals surface area contributed by atoms with E-state index in [4.69, 9.17) is 0 Å². The Balaban J connectivity index is 2.16. The second kappa shape index (κ2) is 5.35. The molecule has 0 bridgehead atoms. The Morgan fingerprint density at radius 1 is 1.65 bits per heavy atom. The summed E-state index contributed by atoms with van der Waals surface area (Å²) in [5, 5.41) is 14.1. The lowest BCUT2D eigenvalue weighted by Crippen LogP contribution is -2.26. The molecule has 1 aromatic heterocycles. The van der Waals surface area contributed by atoms with E-state index < -0.39 is 0 Å². The van der Waals surface area contributed by atoms with Crippen LogP contribution < -0.4 is 5.32 Å². The highest BCUT2D eigenvalue weighted by Crippen LogP contribution is 2.26. The third kappa shape index (κ3) is 3.09. The second-order valence-electron chi connectivity index (χ2n) is 4.20. The number of hydrogen-bond acceptors (Lipinski definition) is 5. The van der Waals surface area contributed by atoms with Crippen LogP contribution in [0.25, 0.3) is 0 Å². The minimum atomic E-state index is -0.377.